The normalized spacial score (nSPS) is 13.2. The van der Waals surface area contributed by atoms with E-state index in [0.717, 1.165) is 6.42 Å². The highest BCUT2D eigenvalue weighted by atomic mass is 35.5. The fraction of sp³-hybridized carbons (Fsp3) is 0.857. The van der Waals surface area contributed by atoms with Crippen LogP contribution in [-0.4, -0.2) is 17.4 Å². The molecule has 0 spiro atoms. The molecule has 0 amide bonds. The van der Waals surface area contributed by atoms with Crippen molar-refractivity contribution in [3.8, 4) is 0 Å². The Balaban J connectivity index is 3.52. The Kier molecular flexibility index (Phi) is 5.69. The van der Waals surface area contributed by atoms with Crippen LogP contribution in [0.4, 0.5) is 0 Å². The van der Waals surface area contributed by atoms with Crippen molar-refractivity contribution in [2.24, 2.45) is 5.92 Å². The number of carbonyl (C=O) groups excluding carboxylic acids is 1. The molecule has 66 valence electrons. The maximum Gasteiger partial charge on any atom is 0.308 e. The SMILES string of the molecule is CCC(C)C(=O)OCC(Cl)Cl. The number of alkyl halides is 2. The average molecular weight is 199 g/mol. The van der Waals surface area contributed by atoms with Gasteiger partial charge in [-0.2, -0.15) is 0 Å². The Labute approximate surface area is 76.8 Å². The fourth-order valence-electron chi connectivity index (χ4n) is 0.454. The van der Waals surface area contributed by atoms with Crippen molar-refractivity contribution in [2.75, 3.05) is 6.61 Å². The lowest BCUT2D eigenvalue weighted by Crippen LogP contribution is -2.16. The zero-order chi connectivity index (χ0) is 8.85. The monoisotopic (exact) mass is 198 g/mol. The lowest BCUT2D eigenvalue weighted by atomic mass is 10.1. The number of hydrogen-bond acceptors (Lipinski definition) is 2. The van der Waals surface area contributed by atoms with Gasteiger partial charge in [-0.3, -0.25) is 4.79 Å². The molecule has 11 heavy (non-hydrogen) atoms. The average Bonchev–Trinajstić information content (AvgIpc) is 1.98. The minimum absolute atomic E-state index is 0.0675. The molecule has 0 saturated carbocycles. The standard InChI is InChI=1S/C7H12Cl2O2/c1-3-5(2)7(10)11-4-6(8)9/h5-6H,3-4H2,1-2H3. The molecule has 0 fully saturated rings. The van der Waals surface area contributed by atoms with Gasteiger partial charge < -0.3 is 4.74 Å². The molecular formula is C7H12Cl2O2. The molecule has 0 saturated heterocycles. The van der Waals surface area contributed by atoms with Crippen LogP contribution in [0.2, 0.25) is 0 Å². The van der Waals surface area contributed by atoms with Gasteiger partial charge in [0.1, 0.15) is 11.4 Å². The smallest absolute Gasteiger partial charge is 0.308 e. The summed E-state index contributed by atoms with van der Waals surface area (Å²) >= 11 is 10.7. The predicted octanol–water partition coefficient (Wildman–Crippen LogP) is 2.38. The van der Waals surface area contributed by atoms with Gasteiger partial charge in [-0.05, 0) is 6.42 Å². The largest absolute Gasteiger partial charge is 0.463 e. The van der Waals surface area contributed by atoms with E-state index in [1.54, 1.807) is 6.92 Å². The second kappa shape index (κ2) is 5.67. The van der Waals surface area contributed by atoms with Crippen LogP contribution in [0, 0.1) is 5.92 Å². The summed E-state index contributed by atoms with van der Waals surface area (Å²) in [6.07, 6.45) is 0.772. The van der Waals surface area contributed by atoms with E-state index in [-0.39, 0.29) is 18.5 Å². The Morgan fingerprint density at radius 2 is 2.09 bits per heavy atom. The van der Waals surface area contributed by atoms with Crippen LogP contribution in [0.15, 0.2) is 0 Å². The van der Waals surface area contributed by atoms with E-state index in [2.05, 4.69) is 0 Å². The van der Waals surface area contributed by atoms with Gasteiger partial charge in [0.15, 0.2) is 0 Å². The molecule has 0 bridgehead atoms. The summed E-state index contributed by atoms with van der Waals surface area (Å²) in [5, 5.41) is 0. The number of esters is 1. The molecule has 1 unspecified atom stereocenters. The first-order valence-electron chi connectivity index (χ1n) is 3.52. The summed E-state index contributed by atoms with van der Waals surface area (Å²) in [5.41, 5.74) is 0. The van der Waals surface area contributed by atoms with Gasteiger partial charge in [0.25, 0.3) is 0 Å². The molecule has 0 aromatic carbocycles. The molecule has 0 aliphatic rings. The highest BCUT2D eigenvalue weighted by Crippen LogP contribution is 2.06. The fourth-order valence-corrected chi connectivity index (χ4v) is 0.580. The Morgan fingerprint density at radius 1 is 1.55 bits per heavy atom. The molecule has 2 nitrogen and oxygen atoms in total. The number of carbonyl (C=O) groups is 1. The first-order chi connectivity index (χ1) is 5.07. The van der Waals surface area contributed by atoms with Gasteiger partial charge in [-0.15, -0.1) is 23.2 Å². The second-order valence-corrected chi connectivity index (χ2v) is 3.61. The quantitative estimate of drug-likeness (QED) is 0.513. The molecule has 0 aliphatic carbocycles. The third kappa shape index (κ3) is 5.33. The summed E-state index contributed by atoms with van der Waals surface area (Å²) in [6, 6.07) is 0. The zero-order valence-corrected chi connectivity index (χ0v) is 8.15. The van der Waals surface area contributed by atoms with Crippen molar-refractivity contribution in [1.29, 1.82) is 0 Å². The van der Waals surface area contributed by atoms with E-state index >= 15 is 0 Å². The van der Waals surface area contributed by atoms with E-state index in [9.17, 15) is 4.79 Å². The summed E-state index contributed by atoms with van der Waals surface area (Å²) in [5.74, 6) is -0.305. The Hall–Kier alpha value is 0.0500. The van der Waals surface area contributed by atoms with E-state index in [4.69, 9.17) is 27.9 Å². The minimum atomic E-state index is -0.622. The predicted molar refractivity (Wildman–Crippen MR) is 45.9 cm³/mol. The second-order valence-electron chi connectivity index (χ2n) is 2.33. The maximum atomic E-state index is 10.9. The van der Waals surface area contributed by atoms with E-state index in [0.29, 0.717) is 0 Å². The van der Waals surface area contributed by atoms with Crippen LogP contribution < -0.4 is 0 Å². The van der Waals surface area contributed by atoms with Crippen LogP contribution in [-0.2, 0) is 9.53 Å². The number of halogens is 2. The van der Waals surface area contributed by atoms with E-state index in [1.165, 1.54) is 0 Å². The van der Waals surface area contributed by atoms with Crippen LogP contribution >= 0.6 is 23.2 Å². The Morgan fingerprint density at radius 3 is 2.45 bits per heavy atom. The molecule has 0 aromatic rings. The molecule has 0 aromatic heterocycles. The summed E-state index contributed by atoms with van der Waals surface area (Å²) in [6.45, 7) is 3.80. The topological polar surface area (TPSA) is 26.3 Å². The van der Waals surface area contributed by atoms with Gasteiger partial charge in [0, 0.05) is 0 Å². The van der Waals surface area contributed by atoms with Gasteiger partial charge >= 0.3 is 5.97 Å². The molecular weight excluding hydrogens is 187 g/mol. The van der Waals surface area contributed by atoms with Crippen LogP contribution in [0.1, 0.15) is 20.3 Å². The molecule has 0 aliphatic heterocycles. The van der Waals surface area contributed by atoms with Crippen molar-refractivity contribution in [3.63, 3.8) is 0 Å². The molecule has 0 rings (SSSR count). The van der Waals surface area contributed by atoms with E-state index < -0.39 is 4.84 Å². The molecule has 0 N–H and O–H groups in total. The summed E-state index contributed by atoms with van der Waals surface area (Å²) in [7, 11) is 0. The van der Waals surface area contributed by atoms with Gasteiger partial charge in [-0.1, -0.05) is 13.8 Å². The number of hydrogen-bond donors (Lipinski definition) is 0. The van der Waals surface area contributed by atoms with Crippen molar-refractivity contribution in [1.82, 2.24) is 0 Å². The third-order valence-corrected chi connectivity index (χ3v) is 1.62. The van der Waals surface area contributed by atoms with E-state index in [1.807, 2.05) is 6.92 Å². The minimum Gasteiger partial charge on any atom is -0.463 e. The van der Waals surface area contributed by atoms with Crippen molar-refractivity contribution in [3.05, 3.63) is 0 Å². The van der Waals surface area contributed by atoms with Crippen molar-refractivity contribution < 1.29 is 9.53 Å². The van der Waals surface area contributed by atoms with Crippen molar-refractivity contribution in [2.45, 2.75) is 25.1 Å². The lowest BCUT2D eigenvalue weighted by Gasteiger charge is -2.08. The highest BCUT2D eigenvalue weighted by Gasteiger charge is 2.12. The summed E-state index contributed by atoms with van der Waals surface area (Å²) in [4.78, 5) is 10.3. The lowest BCUT2D eigenvalue weighted by molar-refractivity contribution is -0.147. The maximum absolute atomic E-state index is 10.9. The molecule has 4 heteroatoms. The number of ether oxygens (including phenoxy) is 1. The Bertz CT molecular complexity index is 126. The molecule has 1 atom stereocenters. The van der Waals surface area contributed by atoms with Crippen molar-refractivity contribution >= 4 is 29.2 Å². The zero-order valence-electron chi connectivity index (χ0n) is 6.64. The molecule has 0 heterocycles. The van der Waals surface area contributed by atoms with Crippen LogP contribution in [0.5, 0.6) is 0 Å². The van der Waals surface area contributed by atoms with Gasteiger partial charge in [0.05, 0.1) is 5.92 Å². The van der Waals surface area contributed by atoms with Gasteiger partial charge in [0.2, 0.25) is 0 Å². The summed E-state index contributed by atoms with van der Waals surface area (Å²) < 4.78 is 4.75. The first kappa shape index (κ1) is 11.1. The van der Waals surface area contributed by atoms with Crippen LogP contribution in [0.25, 0.3) is 0 Å². The van der Waals surface area contributed by atoms with Crippen LogP contribution in [0.3, 0.4) is 0 Å². The first-order valence-corrected chi connectivity index (χ1v) is 4.40. The third-order valence-electron chi connectivity index (χ3n) is 1.37. The highest BCUT2D eigenvalue weighted by molar-refractivity contribution is 6.44. The number of rotatable bonds is 4. The van der Waals surface area contributed by atoms with Gasteiger partial charge in [-0.25, -0.2) is 0 Å². The molecule has 0 radical (unpaired) electrons.